The van der Waals surface area contributed by atoms with Gasteiger partial charge in [0.1, 0.15) is 13.2 Å². The van der Waals surface area contributed by atoms with Crippen LogP contribution in [0.25, 0.3) is 12.2 Å². The summed E-state index contributed by atoms with van der Waals surface area (Å²) < 4.78 is 21.1. The Labute approximate surface area is 198 Å². The fourth-order valence-electron chi connectivity index (χ4n) is 2.79. The molecule has 2 rings (SSSR count). The number of nitrogens with zero attached hydrogens (tertiary/aromatic N) is 1. The minimum Gasteiger partial charge on any atom is -0.493 e. The van der Waals surface area contributed by atoms with E-state index in [0.29, 0.717) is 42.5 Å². The fraction of sp³-hybridized carbons (Fsp3) is 0.240. The molecule has 0 saturated carbocycles. The number of rotatable bonds is 14. The Bertz CT molecular complexity index is 1090. The molecule has 0 heterocycles. The zero-order valence-electron chi connectivity index (χ0n) is 18.9. The normalized spacial score (nSPS) is 10.8. The van der Waals surface area contributed by atoms with Crippen molar-refractivity contribution in [1.29, 1.82) is 5.26 Å². The van der Waals surface area contributed by atoms with Gasteiger partial charge in [-0.15, -0.1) is 5.26 Å². The lowest BCUT2D eigenvalue weighted by atomic mass is 10.1. The van der Waals surface area contributed by atoms with Crippen molar-refractivity contribution < 1.29 is 28.5 Å². The first kappa shape index (κ1) is 26.1. The average molecular weight is 466 g/mol. The van der Waals surface area contributed by atoms with Crippen LogP contribution in [0, 0.1) is 11.5 Å². The first-order valence-electron chi connectivity index (χ1n) is 10.5. The molecule has 9 nitrogen and oxygen atoms in total. The summed E-state index contributed by atoms with van der Waals surface area (Å²) >= 11 is 0. The highest BCUT2D eigenvalue weighted by Gasteiger charge is 2.08. The van der Waals surface area contributed by atoms with Crippen LogP contribution < -0.4 is 30.4 Å². The monoisotopic (exact) mass is 465 g/mol. The topological polar surface area (TPSA) is 147 Å². The average Bonchev–Trinajstić information content (AvgIpc) is 2.84. The molecule has 0 radical (unpaired) electrons. The molecule has 0 aliphatic rings. The van der Waals surface area contributed by atoms with Gasteiger partial charge in [-0.2, -0.15) is 0 Å². The van der Waals surface area contributed by atoms with Crippen molar-refractivity contribution in [2.24, 2.45) is 11.5 Å². The summed E-state index contributed by atoms with van der Waals surface area (Å²) in [4.78, 5) is 24.4. The van der Waals surface area contributed by atoms with Crippen molar-refractivity contribution in [3.63, 3.8) is 0 Å². The van der Waals surface area contributed by atoms with Crippen LogP contribution in [0.1, 0.15) is 17.5 Å². The number of carbonyl (C=O) groups excluding carboxylic acids is 2. The minimum atomic E-state index is -0.371. The molecule has 0 unspecified atom stereocenters. The molecule has 0 aliphatic carbocycles. The number of hydrogen-bond donors (Lipinski definition) is 2. The second kappa shape index (κ2) is 14.1. The van der Waals surface area contributed by atoms with Gasteiger partial charge in [-0.3, -0.25) is 9.59 Å². The maximum Gasteiger partial charge on any atom is 0.292 e. The zero-order valence-corrected chi connectivity index (χ0v) is 18.9. The largest absolute Gasteiger partial charge is 0.493 e. The van der Waals surface area contributed by atoms with Crippen LogP contribution in [0.4, 0.5) is 0 Å². The predicted molar refractivity (Wildman–Crippen MR) is 127 cm³/mol. The smallest absolute Gasteiger partial charge is 0.292 e. The third-order valence-electron chi connectivity index (χ3n) is 4.33. The van der Waals surface area contributed by atoms with Gasteiger partial charge in [0.15, 0.2) is 34.6 Å². The Kier molecular flexibility index (Phi) is 10.8. The van der Waals surface area contributed by atoms with Crippen molar-refractivity contribution in [1.82, 2.24) is 0 Å². The van der Waals surface area contributed by atoms with Crippen LogP contribution >= 0.6 is 0 Å². The molecule has 2 aromatic rings. The van der Waals surface area contributed by atoms with E-state index in [1.807, 2.05) is 0 Å². The summed E-state index contributed by atoms with van der Waals surface area (Å²) in [5.41, 5.74) is 12.2. The minimum absolute atomic E-state index is 0.208. The van der Waals surface area contributed by atoms with Crippen LogP contribution in [0.2, 0.25) is 0 Å². The summed E-state index contributed by atoms with van der Waals surface area (Å²) in [5.74, 6) is 0.922. The lowest BCUT2D eigenvalue weighted by Gasteiger charge is -2.10. The van der Waals surface area contributed by atoms with E-state index in [1.165, 1.54) is 25.3 Å². The maximum absolute atomic E-state index is 12.2. The number of benzene rings is 2. The molecular weight excluding hydrogens is 438 g/mol. The van der Waals surface area contributed by atoms with Crippen molar-refractivity contribution in [3.05, 3.63) is 59.7 Å². The molecule has 2 aromatic carbocycles. The van der Waals surface area contributed by atoms with E-state index in [1.54, 1.807) is 48.7 Å². The first-order chi connectivity index (χ1) is 16.5. The molecular formula is C25H27N3O6. The number of nitrogens with two attached hydrogens (primary N) is 2. The highest BCUT2D eigenvalue weighted by atomic mass is 16.5. The Morgan fingerprint density at radius 1 is 0.853 bits per heavy atom. The van der Waals surface area contributed by atoms with Crippen molar-refractivity contribution >= 4 is 23.7 Å². The summed E-state index contributed by atoms with van der Waals surface area (Å²) in [6.07, 6.45) is 7.06. The van der Waals surface area contributed by atoms with Crippen LogP contribution in [0.5, 0.6) is 23.0 Å². The second-order valence-corrected chi connectivity index (χ2v) is 6.86. The molecule has 0 fully saturated rings. The molecule has 0 aromatic heterocycles. The second-order valence-electron chi connectivity index (χ2n) is 6.86. The fourth-order valence-corrected chi connectivity index (χ4v) is 2.79. The first-order valence-corrected chi connectivity index (χ1v) is 10.5. The molecule has 178 valence electrons. The molecule has 34 heavy (non-hydrogen) atoms. The lowest BCUT2D eigenvalue weighted by molar-refractivity contribution is -0.121. The van der Waals surface area contributed by atoms with Crippen LogP contribution in [-0.4, -0.2) is 45.0 Å². The molecule has 4 N–H and O–H groups in total. The maximum atomic E-state index is 12.2. The van der Waals surface area contributed by atoms with E-state index in [9.17, 15) is 9.59 Å². The third kappa shape index (κ3) is 8.43. The van der Waals surface area contributed by atoms with Gasteiger partial charge in [0, 0.05) is 13.1 Å². The summed E-state index contributed by atoms with van der Waals surface area (Å²) in [6.45, 7) is 1.32. The Hall–Kier alpha value is -4.13. The third-order valence-corrected chi connectivity index (χ3v) is 4.33. The van der Waals surface area contributed by atoms with Crippen molar-refractivity contribution in [2.75, 3.05) is 33.4 Å². The number of nitriles is 1. The number of allylic oxidation sites excluding steroid dienone is 2. The Morgan fingerprint density at radius 3 is 1.82 bits per heavy atom. The quantitative estimate of drug-likeness (QED) is 0.244. The standard InChI is InChI=1S/C25H27N3O6/c1-31-24-14-18(4-8-22(24)32-12-10-26)2-6-20(29)16-21(30)7-3-19-5-9-23(33-13-11-27)25(15-19)34-17-28/h2-9,14-15H,10-13,16,26-27H2,1H3/b6-2+,7-3+. The predicted octanol–water partition coefficient (Wildman–Crippen LogP) is 2.48. The molecule has 0 spiro atoms. The van der Waals surface area contributed by atoms with Gasteiger partial charge in [-0.05, 0) is 47.5 Å². The highest BCUT2D eigenvalue weighted by molar-refractivity contribution is 6.10. The van der Waals surface area contributed by atoms with E-state index in [0.717, 1.165) is 5.56 Å². The Morgan fingerprint density at radius 2 is 1.35 bits per heavy atom. The number of methoxy groups -OCH3 is 1. The van der Waals surface area contributed by atoms with Gasteiger partial charge in [0.2, 0.25) is 0 Å². The molecule has 0 atom stereocenters. The molecule has 9 heteroatoms. The van der Waals surface area contributed by atoms with E-state index in [-0.39, 0.29) is 30.3 Å². The number of ketones is 2. The molecule has 0 bridgehead atoms. The SMILES string of the molecule is COc1cc(/C=C/C(=O)CC(=O)/C=C/c2ccc(OCCN)c(OC#N)c2)ccc1OCCN. The van der Waals surface area contributed by atoms with Crippen LogP contribution in [0.15, 0.2) is 48.6 Å². The van der Waals surface area contributed by atoms with Crippen molar-refractivity contribution in [3.8, 4) is 29.3 Å². The van der Waals surface area contributed by atoms with E-state index >= 15 is 0 Å². The summed E-state index contributed by atoms with van der Waals surface area (Å²) in [6, 6.07) is 10.1. The van der Waals surface area contributed by atoms with E-state index in [2.05, 4.69) is 0 Å². The molecule has 0 saturated heterocycles. The number of hydrogen-bond acceptors (Lipinski definition) is 9. The lowest BCUT2D eigenvalue weighted by Crippen LogP contribution is -2.11. The molecule has 0 aliphatic heterocycles. The number of carbonyl (C=O) groups is 2. The van der Waals surface area contributed by atoms with Crippen LogP contribution in [-0.2, 0) is 9.59 Å². The summed E-state index contributed by atoms with van der Waals surface area (Å²) in [5, 5.41) is 8.80. The van der Waals surface area contributed by atoms with Gasteiger partial charge >= 0.3 is 0 Å². The van der Waals surface area contributed by atoms with E-state index < -0.39 is 0 Å². The molecule has 0 amide bonds. The number of ether oxygens (including phenoxy) is 4. The van der Waals surface area contributed by atoms with Crippen LogP contribution in [0.3, 0.4) is 0 Å². The van der Waals surface area contributed by atoms with E-state index in [4.69, 9.17) is 35.7 Å². The highest BCUT2D eigenvalue weighted by Crippen LogP contribution is 2.29. The van der Waals surface area contributed by atoms with Gasteiger partial charge < -0.3 is 30.4 Å². The zero-order chi connectivity index (χ0) is 24.8. The van der Waals surface area contributed by atoms with Gasteiger partial charge in [0.05, 0.1) is 13.5 Å². The van der Waals surface area contributed by atoms with Gasteiger partial charge in [-0.25, -0.2) is 0 Å². The van der Waals surface area contributed by atoms with Crippen molar-refractivity contribution in [2.45, 2.75) is 6.42 Å². The summed E-state index contributed by atoms with van der Waals surface area (Å²) in [7, 11) is 1.52. The van der Waals surface area contributed by atoms with Gasteiger partial charge in [0.25, 0.3) is 6.26 Å². The van der Waals surface area contributed by atoms with Gasteiger partial charge in [-0.1, -0.05) is 24.3 Å². The Balaban J connectivity index is 1.98.